The fraction of sp³-hybridized carbons (Fsp3) is 0.167. The van der Waals surface area contributed by atoms with E-state index in [1.54, 1.807) is 6.92 Å². The van der Waals surface area contributed by atoms with Crippen LogP contribution in [0.25, 0.3) is 33.0 Å². The second-order valence-electron chi connectivity index (χ2n) is 9.22. The molecule has 0 radical (unpaired) electrons. The largest absolute Gasteiger partial charge is 0.508 e. The van der Waals surface area contributed by atoms with Crippen LogP contribution in [0.2, 0.25) is 0 Å². The summed E-state index contributed by atoms with van der Waals surface area (Å²) in [6.45, 7) is 2.71. The molecule has 3 aromatic carbocycles. The smallest absolute Gasteiger partial charge is 0.349 e. The van der Waals surface area contributed by atoms with Crippen molar-refractivity contribution in [2.45, 2.75) is 13.0 Å². The number of aryl methyl sites for hydroxylation is 1. The maximum Gasteiger partial charge on any atom is 0.349 e. The van der Waals surface area contributed by atoms with E-state index in [1.807, 2.05) is 35.2 Å². The maximum absolute atomic E-state index is 14.7. The number of rotatable bonds is 5. The van der Waals surface area contributed by atoms with Crippen LogP contribution < -0.4 is 20.0 Å². The van der Waals surface area contributed by atoms with Crippen molar-refractivity contribution in [3.63, 3.8) is 0 Å². The number of benzene rings is 3. The predicted octanol–water partition coefficient (Wildman–Crippen LogP) is 4.81. The first-order valence-electron chi connectivity index (χ1n) is 12.2. The van der Waals surface area contributed by atoms with Gasteiger partial charge in [-0.2, -0.15) is 9.97 Å². The molecular weight excluding hydrogens is 501 g/mol. The number of fused-ring (bicyclic) bond motifs is 2. The van der Waals surface area contributed by atoms with Crippen molar-refractivity contribution < 1.29 is 23.4 Å². The van der Waals surface area contributed by atoms with Crippen molar-refractivity contribution >= 4 is 27.5 Å². The van der Waals surface area contributed by atoms with Gasteiger partial charge in [-0.1, -0.05) is 30.2 Å². The van der Waals surface area contributed by atoms with Gasteiger partial charge in [0.15, 0.2) is 5.82 Å². The zero-order valence-corrected chi connectivity index (χ0v) is 21.1. The van der Waals surface area contributed by atoms with Crippen LogP contribution in [0.5, 0.6) is 17.5 Å². The van der Waals surface area contributed by atoms with Gasteiger partial charge in [-0.25, -0.2) is 9.18 Å². The van der Waals surface area contributed by atoms with Gasteiger partial charge >= 0.3 is 11.6 Å². The number of ether oxygens (including phenoxy) is 2. The topological polar surface area (TPSA) is 97.9 Å². The monoisotopic (exact) mass is 523 g/mol. The Hall–Kier alpha value is -5.10. The van der Waals surface area contributed by atoms with Crippen LogP contribution in [0.1, 0.15) is 11.1 Å². The molecule has 0 unspecified atom stereocenters. The molecule has 0 aliphatic carbocycles. The molecule has 1 aliphatic rings. The van der Waals surface area contributed by atoms with Gasteiger partial charge in [0, 0.05) is 16.5 Å². The average molecular weight is 524 g/mol. The Bertz CT molecular complexity index is 1860. The maximum atomic E-state index is 14.7. The van der Waals surface area contributed by atoms with Gasteiger partial charge in [0.25, 0.3) is 0 Å². The molecule has 1 N–H and O–H groups in total. The molecule has 1 fully saturated rings. The normalized spacial score (nSPS) is 13.3. The second kappa shape index (κ2) is 9.33. The lowest BCUT2D eigenvalue weighted by Gasteiger charge is -2.40. The summed E-state index contributed by atoms with van der Waals surface area (Å²) >= 11 is 0. The van der Waals surface area contributed by atoms with Gasteiger partial charge in [0.05, 0.1) is 31.3 Å². The Morgan fingerprint density at radius 3 is 2.62 bits per heavy atom. The molecule has 1 aliphatic heterocycles. The van der Waals surface area contributed by atoms with Crippen molar-refractivity contribution in [3.8, 4) is 41.2 Å². The van der Waals surface area contributed by atoms with E-state index in [9.17, 15) is 14.3 Å². The highest BCUT2D eigenvalue weighted by Gasteiger charge is 2.33. The van der Waals surface area contributed by atoms with E-state index in [1.165, 1.54) is 31.4 Å². The summed E-state index contributed by atoms with van der Waals surface area (Å²) in [7, 11) is 1.44. The summed E-state index contributed by atoms with van der Waals surface area (Å²) in [5, 5.41) is 11.4. The van der Waals surface area contributed by atoms with E-state index in [2.05, 4.69) is 15.9 Å². The van der Waals surface area contributed by atoms with Crippen LogP contribution in [0.15, 0.2) is 63.8 Å². The summed E-state index contributed by atoms with van der Waals surface area (Å²) < 4.78 is 31.8. The van der Waals surface area contributed by atoms with Crippen LogP contribution in [0.4, 0.5) is 10.2 Å². The number of hydrogen-bond acceptors (Lipinski definition) is 8. The van der Waals surface area contributed by atoms with E-state index in [0.717, 1.165) is 5.75 Å². The molecule has 5 aromatic rings. The zero-order chi connectivity index (χ0) is 27.3. The van der Waals surface area contributed by atoms with Crippen molar-refractivity contribution in [2.24, 2.45) is 0 Å². The number of phenols is 1. The van der Waals surface area contributed by atoms with Gasteiger partial charge in [-0.15, -0.1) is 6.42 Å². The number of methoxy groups -OCH3 is 1. The molecule has 8 nitrogen and oxygen atoms in total. The van der Waals surface area contributed by atoms with Crippen LogP contribution in [-0.4, -0.2) is 41.4 Å². The first-order valence-corrected chi connectivity index (χ1v) is 12.2. The summed E-state index contributed by atoms with van der Waals surface area (Å²) in [5.74, 6) is 2.91. The molecule has 39 heavy (non-hydrogen) atoms. The Labute approximate surface area is 222 Å². The highest BCUT2D eigenvalue weighted by atomic mass is 19.1. The molecule has 0 spiro atoms. The molecule has 0 amide bonds. The fourth-order valence-electron chi connectivity index (χ4n) is 4.92. The molecule has 9 heteroatoms. The quantitative estimate of drug-likeness (QED) is 0.328. The molecule has 1 saturated heterocycles. The van der Waals surface area contributed by atoms with Gasteiger partial charge < -0.3 is 23.9 Å². The summed E-state index contributed by atoms with van der Waals surface area (Å²) in [5.41, 5.74) is 0.365. The van der Waals surface area contributed by atoms with Gasteiger partial charge in [0.2, 0.25) is 0 Å². The minimum atomic E-state index is -0.689. The van der Waals surface area contributed by atoms with E-state index >= 15 is 0 Å². The number of anilines is 1. The lowest BCUT2D eigenvalue weighted by atomic mass is 9.95. The zero-order valence-electron chi connectivity index (χ0n) is 21.1. The SMILES string of the molecule is C#Cc1c(F)ccc2cc(O)cc(-c3oc(=O)c4c(N5CC(Oc6ccccc6)C5)nc(OC)nc4c3C)c12. The van der Waals surface area contributed by atoms with Gasteiger partial charge in [-0.05, 0) is 42.6 Å². The molecule has 6 rings (SSSR count). The fourth-order valence-corrected chi connectivity index (χ4v) is 4.92. The van der Waals surface area contributed by atoms with E-state index in [-0.39, 0.29) is 40.1 Å². The predicted molar refractivity (Wildman–Crippen MR) is 145 cm³/mol. The number of halogens is 1. The van der Waals surface area contributed by atoms with E-state index in [4.69, 9.17) is 20.3 Å². The van der Waals surface area contributed by atoms with Crippen LogP contribution in [-0.2, 0) is 0 Å². The number of aromatic nitrogens is 2. The summed E-state index contributed by atoms with van der Waals surface area (Å²) in [6.07, 6.45) is 5.54. The summed E-state index contributed by atoms with van der Waals surface area (Å²) in [4.78, 5) is 24.3. The third-order valence-electron chi connectivity index (χ3n) is 6.78. The Morgan fingerprint density at radius 2 is 1.90 bits per heavy atom. The Morgan fingerprint density at radius 1 is 1.13 bits per heavy atom. The lowest BCUT2D eigenvalue weighted by molar-refractivity contribution is 0.167. The van der Waals surface area contributed by atoms with Crippen LogP contribution >= 0.6 is 0 Å². The van der Waals surface area contributed by atoms with Gasteiger partial charge in [-0.3, -0.25) is 0 Å². The van der Waals surface area contributed by atoms with Crippen LogP contribution in [0.3, 0.4) is 0 Å². The third-order valence-corrected chi connectivity index (χ3v) is 6.78. The number of phenolic OH excluding ortho intramolecular Hbond substituents is 1. The number of aromatic hydroxyl groups is 1. The number of terminal acetylenes is 1. The molecule has 0 bridgehead atoms. The first-order chi connectivity index (χ1) is 18.9. The average Bonchev–Trinajstić information content (AvgIpc) is 2.92. The molecular formula is C30H22FN3O5. The minimum absolute atomic E-state index is 0.00404. The second-order valence-corrected chi connectivity index (χ2v) is 9.22. The van der Waals surface area contributed by atoms with Crippen LogP contribution in [0, 0.1) is 25.1 Å². The van der Waals surface area contributed by atoms with Crippen molar-refractivity contribution in [1.82, 2.24) is 9.97 Å². The molecule has 3 heterocycles. The highest BCUT2D eigenvalue weighted by molar-refractivity contribution is 6.03. The van der Waals surface area contributed by atoms with Crippen molar-refractivity contribution in [2.75, 3.05) is 25.1 Å². The number of nitrogens with zero attached hydrogens (tertiary/aromatic N) is 3. The lowest BCUT2D eigenvalue weighted by Crippen LogP contribution is -2.54. The Balaban J connectivity index is 1.49. The molecule has 0 atom stereocenters. The highest BCUT2D eigenvalue weighted by Crippen LogP contribution is 2.39. The first kappa shape index (κ1) is 24.2. The third kappa shape index (κ3) is 4.07. The molecule has 194 valence electrons. The van der Waals surface area contributed by atoms with E-state index in [0.29, 0.717) is 40.8 Å². The standard InChI is InChI=1S/C30H22FN3O5/c1-4-21-23(31)11-10-17-12-18(35)13-22(24(17)21)27-16(2)26-25(29(36)39-27)28(33-30(32-26)37-3)34-14-20(15-34)38-19-8-6-5-7-9-19/h1,5-13,20,35H,14-15H2,2-3H3. The minimum Gasteiger partial charge on any atom is -0.508 e. The summed E-state index contributed by atoms with van der Waals surface area (Å²) in [6, 6.07) is 15.1. The number of hydrogen-bond donors (Lipinski definition) is 1. The van der Waals surface area contributed by atoms with Gasteiger partial charge in [0.1, 0.15) is 34.6 Å². The van der Waals surface area contributed by atoms with Crippen molar-refractivity contribution in [3.05, 3.63) is 82.0 Å². The van der Waals surface area contributed by atoms with E-state index < -0.39 is 11.4 Å². The Kier molecular flexibility index (Phi) is 5.80. The molecule has 0 saturated carbocycles. The number of para-hydroxylation sites is 1. The molecule has 2 aromatic heterocycles. The van der Waals surface area contributed by atoms with Crippen molar-refractivity contribution in [1.29, 1.82) is 0 Å².